The summed E-state index contributed by atoms with van der Waals surface area (Å²) in [5.74, 6) is 0.578. The highest BCUT2D eigenvalue weighted by molar-refractivity contribution is 6.02. The molecule has 0 aromatic heterocycles. The van der Waals surface area contributed by atoms with Crippen LogP contribution in [0.5, 0.6) is 0 Å². The van der Waals surface area contributed by atoms with E-state index in [1.807, 2.05) is 41.3 Å². The molecule has 0 saturated heterocycles. The molecule has 2 rings (SSSR count). The summed E-state index contributed by atoms with van der Waals surface area (Å²) in [6.07, 6.45) is 4.78. The summed E-state index contributed by atoms with van der Waals surface area (Å²) in [6.45, 7) is 2.95. The van der Waals surface area contributed by atoms with Gasteiger partial charge in [0.2, 0.25) is 0 Å². The monoisotopic (exact) mass is 201 g/mol. The fourth-order valence-electron chi connectivity index (χ4n) is 1.80. The minimum atomic E-state index is 0.0888. The number of hydrogen-bond donors (Lipinski definition) is 0. The van der Waals surface area contributed by atoms with Crippen LogP contribution in [0.1, 0.15) is 13.3 Å². The summed E-state index contributed by atoms with van der Waals surface area (Å²) in [7, 11) is 0. The summed E-state index contributed by atoms with van der Waals surface area (Å²) in [6, 6.07) is 9.84. The average Bonchev–Trinajstić information content (AvgIpc) is 2.31. The SMILES string of the molecule is CCC1C=CC(=O)N(c2ccccc2)C1. The second-order valence-electron chi connectivity index (χ2n) is 3.81. The van der Waals surface area contributed by atoms with E-state index in [4.69, 9.17) is 0 Å². The number of carbonyl (C=O) groups is 1. The minimum Gasteiger partial charge on any atom is -0.308 e. The van der Waals surface area contributed by atoms with Gasteiger partial charge in [0.1, 0.15) is 0 Å². The van der Waals surface area contributed by atoms with Gasteiger partial charge in [0.25, 0.3) is 5.91 Å². The molecule has 15 heavy (non-hydrogen) atoms. The van der Waals surface area contributed by atoms with E-state index in [1.165, 1.54) is 0 Å². The lowest BCUT2D eigenvalue weighted by Crippen LogP contribution is -2.36. The van der Waals surface area contributed by atoms with Gasteiger partial charge in [-0.3, -0.25) is 4.79 Å². The first kappa shape index (κ1) is 9.97. The molecule has 1 amide bonds. The molecule has 0 bridgehead atoms. The Labute approximate surface area is 90.2 Å². The number of para-hydroxylation sites is 1. The second kappa shape index (κ2) is 4.30. The molecule has 1 atom stereocenters. The van der Waals surface area contributed by atoms with Gasteiger partial charge in [0, 0.05) is 12.2 Å². The maximum absolute atomic E-state index is 11.7. The molecular formula is C13H15NO. The van der Waals surface area contributed by atoms with Crippen molar-refractivity contribution < 1.29 is 4.79 Å². The third-order valence-electron chi connectivity index (χ3n) is 2.79. The van der Waals surface area contributed by atoms with Crippen molar-refractivity contribution in [2.24, 2.45) is 5.92 Å². The first-order chi connectivity index (χ1) is 7.31. The zero-order valence-electron chi connectivity index (χ0n) is 8.89. The van der Waals surface area contributed by atoms with E-state index in [0.717, 1.165) is 18.7 Å². The Morgan fingerprint density at radius 2 is 2.07 bits per heavy atom. The molecule has 1 aliphatic heterocycles. The molecule has 0 radical (unpaired) electrons. The van der Waals surface area contributed by atoms with Gasteiger partial charge in [0.05, 0.1) is 0 Å². The fourth-order valence-corrected chi connectivity index (χ4v) is 1.80. The zero-order chi connectivity index (χ0) is 10.7. The lowest BCUT2D eigenvalue weighted by atomic mass is 10.0. The molecule has 0 aliphatic carbocycles. The highest BCUT2D eigenvalue weighted by Gasteiger charge is 2.20. The van der Waals surface area contributed by atoms with E-state index in [2.05, 4.69) is 6.92 Å². The molecule has 0 saturated carbocycles. The third kappa shape index (κ3) is 2.09. The fraction of sp³-hybridized carbons (Fsp3) is 0.308. The maximum atomic E-state index is 11.7. The second-order valence-corrected chi connectivity index (χ2v) is 3.81. The quantitative estimate of drug-likeness (QED) is 0.720. The Hall–Kier alpha value is -1.57. The van der Waals surface area contributed by atoms with Gasteiger partial charge >= 0.3 is 0 Å². The van der Waals surface area contributed by atoms with Crippen LogP contribution in [0.25, 0.3) is 0 Å². The molecule has 1 aromatic rings. The number of rotatable bonds is 2. The largest absolute Gasteiger partial charge is 0.308 e. The predicted octanol–water partition coefficient (Wildman–Crippen LogP) is 2.62. The summed E-state index contributed by atoms with van der Waals surface area (Å²) < 4.78 is 0. The standard InChI is InChI=1S/C13H15NO/c1-2-11-8-9-13(15)14(10-11)12-6-4-3-5-7-12/h3-9,11H,2,10H2,1H3. The smallest absolute Gasteiger partial charge is 0.250 e. The normalized spacial score (nSPS) is 20.7. The van der Waals surface area contributed by atoms with E-state index in [-0.39, 0.29) is 5.91 Å². The van der Waals surface area contributed by atoms with Gasteiger partial charge in [-0.25, -0.2) is 0 Å². The molecule has 1 unspecified atom stereocenters. The van der Waals surface area contributed by atoms with Crippen molar-refractivity contribution in [1.82, 2.24) is 0 Å². The summed E-state index contributed by atoms with van der Waals surface area (Å²) in [5.41, 5.74) is 0.991. The van der Waals surface area contributed by atoms with Gasteiger partial charge in [-0.2, -0.15) is 0 Å². The van der Waals surface area contributed by atoms with Crippen molar-refractivity contribution in [2.75, 3.05) is 11.4 Å². The van der Waals surface area contributed by atoms with Crippen molar-refractivity contribution in [2.45, 2.75) is 13.3 Å². The van der Waals surface area contributed by atoms with Crippen LogP contribution in [-0.4, -0.2) is 12.5 Å². The van der Waals surface area contributed by atoms with E-state index in [9.17, 15) is 4.79 Å². The van der Waals surface area contributed by atoms with Gasteiger partial charge in [0.15, 0.2) is 0 Å². The maximum Gasteiger partial charge on any atom is 0.250 e. The molecule has 1 aliphatic rings. The van der Waals surface area contributed by atoms with Crippen LogP contribution < -0.4 is 4.90 Å². The van der Waals surface area contributed by atoms with Crippen molar-refractivity contribution in [3.63, 3.8) is 0 Å². The average molecular weight is 201 g/mol. The molecule has 2 nitrogen and oxygen atoms in total. The van der Waals surface area contributed by atoms with Crippen molar-refractivity contribution in [1.29, 1.82) is 0 Å². The molecule has 78 valence electrons. The number of benzene rings is 1. The van der Waals surface area contributed by atoms with E-state index in [1.54, 1.807) is 6.08 Å². The first-order valence-corrected chi connectivity index (χ1v) is 5.36. The molecule has 1 heterocycles. The Bertz CT molecular complexity index is 369. The zero-order valence-corrected chi connectivity index (χ0v) is 8.89. The summed E-state index contributed by atoms with van der Waals surface area (Å²) in [5, 5.41) is 0. The third-order valence-corrected chi connectivity index (χ3v) is 2.79. The molecule has 0 spiro atoms. The summed E-state index contributed by atoms with van der Waals surface area (Å²) in [4.78, 5) is 13.5. The number of nitrogens with zero attached hydrogens (tertiary/aromatic N) is 1. The highest BCUT2D eigenvalue weighted by Crippen LogP contribution is 2.21. The van der Waals surface area contributed by atoms with Gasteiger partial charge in [-0.15, -0.1) is 0 Å². The lowest BCUT2D eigenvalue weighted by Gasteiger charge is -2.28. The van der Waals surface area contributed by atoms with Crippen LogP contribution in [0.4, 0.5) is 5.69 Å². The van der Waals surface area contributed by atoms with E-state index in [0.29, 0.717) is 5.92 Å². The Morgan fingerprint density at radius 1 is 1.33 bits per heavy atom. The molecule has 0 fully saturated rings. The predicted molar refractivity (Wildman–Crippen MR) is 61.7 cm³/mol. The van der Waals surface area contributed by atoms with Gasteiger partial charge < -0.3 is 4.90 Å². The van der Waals surface area contributed by atoms with Crippen molar-refractivity contribution in [3.8, 4) is 0 Å². The first-order valence-electron chi connectivity index (χ1n) is 5.36. The van der Waals surface area contributed by atoms with Crippen LogP contribution >= 0.6 is 0 Å². The van der Waals surface area contributed by atoms with Crippen LogP contribution in [0.3, 0.4) is 0 Å². The van der Waals surface area contributed by atoms with Gasteiger partial charge in [-0.05, 0) is 30.5 Å². The summed E-state index contributed by atoms with van der Waals surface area (Å²) >= 11 is 0. The minimum absolute atomic E-state index is 0.0888. The van der Waals surface area contributed by atoms with Crippen LogP contribution in [0.2, 0.25) is 0 Å². The number of hydrogen-bond acceptors (Lipinski definition) is 1. The lowest BCUT2D eigenvalue weighted by molar-refractivity contribution is -0.114. The van der Waals surface area contributed by atoms with E-state index < -0.39 is 0 Å². The Balaban J connectivity index is 2.23. The number of anilines is 1. The highest BCUT2D eigenvalue weighted by atomic mass is 16.2. The topological polar surface area (TPSA) is 20.3 Å². The molecule has 0 N–H and O–H groups in total. The van der Waals surface area contributed by atoms with Crippen molar-refractivity contribution in [3.05, 3.63) is 42.5 Å². The Morgan fingerprint density at radius 3 is 2.73 bits per heavy atom. The van der Waals surface area contributed by atoms with Gasteiger partial charge in [-0.1, -0.05) is 31.2 Å². The Kier molecular flexibility index (Phi) is 2.86. The molecule has 2 heteroatoms. The molecular weight excluding hydrogens is 186 g/mol. The number of amides is 1. The van der Waals surface area contributed by atoms with E-state index >= 15 is 0 Å². The number of carbonyl (C=O) groups excluding carboxylic acids is 1. The van der Waals surface area contributed by atoms with Crippen LogP contribution in [-0.2, 0) is 4.79 Å². The van der Waals surface area contributed by atoms with Crippen LogP contribution in [0, 0.1) is 5.92 Å². The van der Waals surface area contributed by atoms with Crippen molar-refractivity contribution >= 4 is 11.6 Å². The molecule has 1 aromatic carbocycles. The van der Waals surface area contributed by atoms with Crippen LogP contribution in [0.15, 0.2) is 42.5 Å².